The number of benzene rings is 2. The third-order valence-electron chi connectivity index (χ3n) is 4.84. The van der Waals surface area contributed by atoms with Gasteiger partial charge in [0.05, 0.1) is 19.9 Å². The molecule has 0 amide bonds. The van der Waals surface area contributed by atoms with Gasteiger partial charge in [0.1, 0.15) is 5.01 Å². The summed E-state index contributed by atoms with van der Waals surface area (Å²) in [4.78, 5) is 6.21. The van der Waals surface area contributed by atoms with Crippen LogP contribution in [-0.2, 0) is 5.75 Å². The number of hydrogen-bond donors (Lipinski definition) is 0. The van der Waals surface area contributed by atoms with Crippen molar-refractivity contribution in [3.8, 4) is 22.1 Å². The molecular formula is C22H25NO2S2. The highest BCUT2D eigenvalue weighted by atomic mass is 32.2. The molecule has 142 valence electrons. The van der Waals surface area contributed by atoms with Crippen LogP contribution < -0.4 is 9.47 Å². The molecule has 0 saturated heterocycles. The van der Waals surface area contributed by atoms with E-state index in [0.29, 0.717) is 0 Å². The molecule has 3 rings (SSSR count). The Hall–Kier alpha value is -1.98. The summed E-state index contributed by atoms with van der Waals surface area (Å²) in [6.45, 7) is 8.79. The second kappa shape index (κ2) is 8.36. The van der Waals surface area contributed by atoms with E-state index in [2.05, 4.69) is 39.1 Å². The average Bonchev–Trinajstić information content (AvgIpc) is 3.15. The SMILES string of the molecule is COc1ccc(-c2nc(CSc3c(C)c(C)cc(C)c3C)cs2)cc1OC. The van der Waals surface area contributed by atoms with Crippen molar-refractivity contribution in [3.63, 3.8) is 0 Å². The number of aromatic nitrogens is 1. The van der Waals surface area contributed by atoms with Crippen LogP contribution in [0.2, 0.25) is 0 Å². The molecule has 0 aliphatic rings. The largest absolute Gasteiger partial charge is 0.493 e. The van der Waals surface area contributed by atoms with E-state index < -0.39 is 0 Å². The zero-order chi connectivity index (χ0) is 19.6. The van der Waals surface area contributed by atoms with Gasteiger partial charge in [-0.15, -0.1) is 23.1 Å². The van der Waals surface area contributed by atoms with Gasteiger partial charge in [-0.25, -0.2) is 4.98 Å². The summed E-state index contributed by atoms with van der Waals surface area (Å²) >= 11 is 3.54. The molecule has 2 aromatic carbocycles. The summed E-state index contributed by atoms with van der Waals surface area (Å²) in [6, 6.07) is 8.20. The first-order chi connectivity index (χ1) is 12.9. The quantitative estimate of drug-likeness (QED) is 0.452. The fraction of sp³-hybridized carbons (Fsp3) is 0.318. The molecule has 0 aliphatic heterocycles. The van der Waals surface area contributed by atoms with Gasteiger partial charge in [-0.2, -0.15) is 0 Å². The Morgan fingerprint density at radius 3 is 2.22 bits per heavy atom. The van der Waals surface area contributed by atoms with Crippen LogP contribution in [-0.4, -0.2) is 19.2 Å². The fourth-order valence-electron chi connectivity index (χ4n) is 3.02. The summed E-state index contributed by atoms with van der Waals surface area (Å²) in [7, 11) is 3.30. The van der Waals surface area contributed by atoms with E-state index in [4.69, 9.17) is 14.5 Å². The zero-order valence-corrected chi connectivity index (χ0v) is 18.3. The van der Waals surface area contributed by atoms with Gasteiger partial charge in [0, 0.05) is 21.6 Å². The Bertz CT molecular complexity index is 937. The van der Waals surface area contributed by atoms with Crippen LogP contribution in [0.3, 0.4) is 0 Å². The highest BCUT2D eigenvalue weighted by molar-refractivity contribution is 7.98. The first-order valence-corrected chi connectivity index (χ1v) is 10.7. The normalized spacial score (nSPS) is 10.9. The molecule has 1 aromatic heterocycles. The van der Waals surface area contributed by atoms with Crippen LogP contribution in [0.15, 0.2) is 34.5 Å². The molecule has 0 bridgehead atoms. The van der Waals surface area contributed by atoms with Crippen molar-refractivity contribution < 1.29 is 9.47 Å². The molecular weight excluding hydrogens is 374 g/mol. The molecule has 5 heteroatoms. The third-order valence-corrected chi connectivity index (χ3v) is 7.13. The number of rotatable bonds is 6. The van der Waals surface area contributed by atoms with Crippen molar-refractivity contribution in [1.29, 1.82) is 0 Å². The summed E-state index contributed by atoms with van der Waals surface area (Å²) in [6.07, 6.45) is 0. The molecule has 3 nitrogen and oxygen atoms in total. The topological polar surface area (TPSA) is 31.4 Å². The Morgan fingerprint density at radius 2 is 1.59 bits per heavy atom. The van der Waals surface area contributed by atoms with Crippen LogP contribution in [0.25, 0.3) is 10.6 Å². The summed E-state index contributed by atoms with van der Waals surface area (Å²) < 4.78 is 10.7. The number of nitrogens with zero attached hydrogens (tertiary/aromatic N) is 1. The van der Waals surface area contributed by atoms with Gasteiger partial charge in [-0.1, -0.05) is 6.07 Å². The Balaban J connectivity index is 1.80. The average molecular weight is 400 g/mol. The minimum absolute atomic E-state index is 0.725. The molecule has 1 heterocycles. The third kappa shape index (κ3) is 4.14. The number of thioether (sulfide) groups is 1. The predicted octanol–water partition coefficient (Wildman–Crippen LogP) is 6.35. The van der Waals surface area contributed by atoms with Crippen molar-refractivity contribution in [2.45, 2.75) is 38.3 Å². The van der Waals surface area contributed by atoms with E-state index in [1.165, 1.54) is 27.1 Å². The molecule has 27 heavy (non-hydrogen) atoms. The first kappa shape index (κ1) is 19.8. The van der Waals surface area contributed by atoms with Crippen molar-refractivity contribution in [1.82, 2.24) is 4.98 Å². The standard InChI is InChI=1S/C22H25NO2S2/c1-13-9-14(2)16(4)21(15(13)3)26-11-18-12-27-22(23-18)17-7-8-19(24-5)20(10-17)25-6/h7-10,12H,11H2,1-6H3. The van der Waals surface area contributed by atoms with E-state index in [1.54, 1.807) is 25.6 Å². The second-order valence-electron chi connectivity index (χ2n) is 6.59. The van der Waals surface area contributed by atoms with Gasteiger partial charge in [0.15, 0.2) is 11.5 Å². The molecule has 0 radical (unpaired) electrons. The van der Waals surface area contributed by atoms with Crippen molar-refractivity contribution in [2.75, 3.05) is 14.2 Å². The van der Waals surface area contributed by atoms with Crippen LogP contribution in [0.4, 0.5) is 0 Å². The van der Waals surface area contributed by atoms with Gasteiger partial charge >= 0.3 is 0 Å². The van der Waals surface area contributed by atoms with Crippen LogP contribution >= 0.6 is 23.1 Å². The second-order valence-corrected chi connectivity index (χ2v) is 8.44. The molecule has 0 fully saturated rings. The smallest absolute Gasteiger partial charge is 0.161 e. The predicted molar refractivity (Wildman–Crippen MR) is 116 cm³/mol. The fourth-order valence-corrected chi connectivity index (χ4v) is 5.14. The van der Waals surface area contributed by atoms with Crippen LogP contribution in [0.1, 0.15) is 27.9 Å². The summed E-state index contributed by atoms with van der Waals surface area (Å²) in [5, 5.41) is 3.15. The van der Waals surface area contributed by atoms with Crippen molar-refractivity contribution >= 4 is 23.1 Å². The lowest BCUT2D eigenvalue weighted by Gasteiger charge is -2.14. The van der Waals surface area contributed by atoms with Crippen LogP contribution in [0.5, 0.6) is 11.5 Å². The highest BCUT2D eigenvalue weighted by Gasteiger charge is 2.12. The monoisotopic (exact) mass is 399 g/mol. The Kier molecular flexibility index (Phi) is 6.12. The van der Waals surface area contributed by atoms with E-state index in [0.717, 1.165) is 33.5 Å². The molecule has 0 atom stereocenters. The molecule has 0 aliphatic carbocycles. The number of hydrogen-bond acceptors (Lipinski definition) is 5. The van der Waals surface area contributed by atoms with Gasteiger partial charge in [-0.3, -0.25) is 0 Å². The maximum Gasteiger partial charge on any atom is 0.161 e. The van der Waals surface area contributed by atoms with E-state index >= 15 is 0 Å². The van der Waals surface area contributed by atoms with E-state index in [1.807, 2.05) is 30.0 Å². The van der Waals surface area contributed by atoms with E-state index in [9.17, 15) is 0 Å². The number of aryl methyl sites for hydroxylation is 2. The van der Waals surface area contributed by atoms with Crippen LogP contribution in [0, 0.1) is 27.7 Å². The molecule has 3 aromatic rings. The van der Waals surface area contributed by atoms with Gasteiger partial charge in [0.25, 0.3) is 0 Å². The van der Waals surface area contributed by atoms with Gasteiger partial charge in [0.2, 0.25) is 0 Å². The van der Waals surface area contributed by atoms with Crippen molar-refractivity contribution in [2.24, 2.45) is 0 Å². The molecule has 0 unspecified atom stereocenters. The minimum atomic E-state index is 0.725. The maximum atomic E-state index is 5.41. The highest BCUT2D eigenvalue weighted by Crippen LogP contribution is 2.36. The molecule has 0 saturated carbocycles. The maximum absolute atomic E-state index is 5.41. The number of thiazole rings is 1. The lowest BCUT2D eigenvalue weighted by molar-refractivity contribution is 0.355. The summed E-state index contributed by atoms with van der Waals surface area (Å²) in [5.74, 6) is 2.32. The zero-order valence-electron chi connectivity index (χ0n) is 16.7. The number of methoxy groups -OCH3 is 2. The van der Waals surface area contributed by atoms with Crippen molar-refractivity contribution in [3.05, 3.63) is 57.6 Å². The minimum Gasteiger partial charge on any atom is -0.493 e. The van der Waals surface area contributed by atoms with E-state index in [-0.39, 0.29) is 0 Å². The molecule has 0 spiro atoms. The Labute approximate surface area is 169 Å². The lowest BCUT2D eigenvalue weighted by atomic mass is 10.0. The first-order valence-electron chi connectivity index (χ1n) is 8.81. The molecule has 0 N–H and O–H groups in total. The number of ether oxygens (including phenoxy) is 2. The lowest BCUT2D eigenvalue weighted by Crippen LogP contribution is -1.94. The van der Waals surface area contributed by atoms with Gasteiger partial charge in [-0.05, 0) is 68.1 Å². The van der Waals surface area contributed by atoms with Gasteiger partial charge < -0.3 is 9.47 Å². The Morgan fingerprint density at radius 1 is 0.926 bits per heavy atom. The summed E-state index contributed by atoms with van der Waals surface area (Å²) in [5.41, 5.74) is 7.60.